The van der Waals surface area contributed by atoms with Crippen LogP contribution in [0.25, 0.3) is 11.3 Å². The Morgan fingerprint density at radius 2 is 1.96 bits per heavy atom. The second-order valence-corrected chi connectivity index (χ2v) is 7.03. The molecule has 3 aromatic rings. The molecule has 1 atom stereocenters. The summed E-state index contributed by atoms with van der Waals surface area (Å²) >= 11 is 0. The minimum Gasteiger partial charge on any atom is -0.373 e. The molecule has 0 saturated heterocycles. The molecule has 1 unspecified atom stereocenters. The second kappa shape index (κ2) is 6.13. The van der Waals surface area contributed by atoms with Gasteiger partial charge in [0.2, 0.25) is 0 Å². The van der Waals surface area contributed by atoms with Crippen molar-refractivity contribution in [2.45, 2.75) is 32.2 Å². The van der Waals surface area contributed by atoms with Crippen LogP contribution < -0.4 is 10.2 Å². The van der Waals surface area contributed by atoms with Gasteiger partial charge in [-0.15, -0.1) is 0 Å². The van der Waals surface area contributed by atoms with Crippen molar-refractivity contribution in [2.24, 2.45) is 0 Å². The number of nitrogens with one attached hydrogen (secondary N) is 1. The van der Waals surface area contributed by atoms with E-state index < -0.39 is 0 Å². The van der Waals surface area contributed by atoms with Crippen LogP contribution in [0.5, 0.6) is 0 Å². The normalized spacial score (nSPS) is 17.3. The quantitative estimate of drug-likeness (QED) is 0.718. The average Bonchev–Trinajstić information content (AvgIpc) is 3.06. The molecule has 0 amide bonds. The molecule has 3 heterocycles. The largest absolute Gasteiger partial charge is 0.373 e. The Labute approximate surface area is 153 Å². The van der Waals surface area contributed by atoms with E-state index in [9.17, 15) is 0 Å². The summed E-state index contributed by atoms with van der Waals surface area (Å²) in [6, 6.07) is 17.4. The Bertz CT molecular complexity index is 952. The Morgan fingerprint density at radius 1 is 1.08 bits per heavy atom. The lowest BCUT2D eigenvalue weighted by atomic mass is 9.98. The van der Waals surface area contributed by atoms with Crippen molar-refractivity contribution in [3.05, 3.63) is 66.0 Å². The number of para-hydroxylation sites is 1. The fourth-order valence-electron chi connectivity index (χ4n) is 4.28. The van der Waals surface area contributed by atoms with Gasteiger partial charge in [-0.2, -0.15) is 0 Å². The van der Waals surface area contributed by atoms with Crippen LogP contribution in [-0.4, -0.2) is 16.5 Å². The predicted molar refractivity (Wildman–Crippen MR) is 106 cm³/mol. The van der Waals surface area contributed by atoms with Crippen LogP contribution in [0.2, 0.25) is 0 Å². The molecule has 1 aromatic heterocycles. The summed E-state index contributed by atoms with van der Waals surface area (Å²) in [5, 5.41) is 3.81. The maximum absolute atomic E-state index is 4.70. The first-order valence-corrected chi connectivity index (χ1v) is 9.43. The van der Waals surface area contributed by atoms with E-state index in [1.54, 1.807) is 6.33 Å². The number of benzene rings is 2. The average molecular weight is 342 g/mol. The Morgan fingerprint density at radius 3 is 2.81 bits per heavy atom. The molecule has 26 heavy (non-hydrogen) atoms. The molecule has 0 bridgehead atoms. The van der Waals surface area contributed by atoms with E-state index in [-0.39, 0.29) is 6.04 Å². The topological polar surface area (TPSA) is 41.1 Å². The number of nitrogens with zero attached hydrogens (tertiary/aromatic N) is 3. The van der Waals surface area contributed by atoms with E-state index in [0.717, 1.165) is 48.6 Å². The van der Waals surface area contributed by atoms with E-state index in [1.165, 1.54) is 16.8 Å². The number of hydrogen-bond donors (Lipinski definition) is 1. The highest BCUT2D eigenvalue weighted by Crippen LogP contribution is 2.48. The maximum atomic E-state index is 4.70. The number of rotatable bonds is 3. The van der Waals surface area contributed by atoms with E-state index in [1.807, 2.05) is 6.07 Å². The molecule has 2 aromatic carbocycles. The van der Waals surface area contributed by atoms with Gasteiger partial charge in [0, 0.05) is 12.1 Å². The van der Waals surface area contributed by atoms with Crippen molar-refractivity contribution in [1.29, 1.82) is 0 Å². The van der Waals surface area contributed by atoms with Gasteiger partial charge in [0.1, 0.15) is 12.0 Å². The van der Waals surface area contributed by atoms with Gasteiger partial charge in [0.25, 0.3) is 0 Å². The summed E-state index contributed by atoms with van der Waals surface area (Å²) < 4.78 is 0. The summed E-state index contributed by atoms with van der Waals surface area (Å²) in [5.41, 5.74) is 7.34. The smallest absolute Gasteiger partial charge is 0.160 e. The third kappa shape index (κ3) is 2.29. The number of aromatic nitrogens is 2. The van der Waals surface area contributed by atoms with E-state index in [2.05, 4.69) is 64.6 Å². The van der Waals surface area contributed by atoms with Gasteiger partial charge in [-0.05, 0) is 24.0 Å². The molecule has 0 aliphatic carbocycles. The van der Waals surface area contributed by atoms with Gasteiger partial charge >= 0.3 is 0 Å². The van der Waals surface area contributed by atoms with E-state index >= 15 is 0 Å². The molecule has 2 aliphatic rings. The fourth-order valence-corrected chi connectivity index (χ4v) is 4.28. The van der Waals surface area contributed by atoms with Crippen LogP contribution in [0.4, 0.5) is 17.2 Å². The zero-order chi connectivity index (χ0) is 17.5. The summed E-state index contributed by atoms with van der Waals surface area (Å²) in [5.74, 6) is 1.00. The van der Waals surface area contributed by atoms with Crippen molar-refractivity contribution >= 4 is 17.2 Å². The molecule has 2 aliphatic heterocycles. The van der Waals surface area contributed by atoms with Crippen LogP contribution in [-0.2, 0) is 6.42 Å². The van der Waals surface area contributed by atoms with Gasteiger partial charge in [0.05, 0.1) is 17.4 Å². The number of anilines is 3. The van der Waals surface area contributed by atoms with Crippen LogP contribution in [0.1, 0.15) is 36.9 Å². The van der Waals surface area contributed by atoms with Crippen molar-refractivity contribution < 1.29 is 0 Å². The summed E-state index contributed by atoms with van der Waals surface area (Å²) in [4.78, 5) is 11.7. The lowest BCUT2D eigenvalue weighted by Crippen LogP contribution is -2.16. The fraction of sp³-hybridized carbons (Fsp3) is 0.273. The van der Waals surface area contributed by atoms with Crippen molar-refractivity contribution in [2.75, 3.05) is 16.8 Å². The molecular weight excluding hydrogens is 320 g/mol. The van der Waals surface area contributed by atoms with E-state index in [0.29, 0.717) is 0 Å². The van der Waals surface area contributed by atoms with Crippen LogP contribution in [0.3, 0.4) is 0 Å². The van der Waals surface area contributed by atoms with Gasteiger partial charge in [-0.3, -0.25) is 0 Å². The monoisotopic (exact) mass is 342 g/mol. The van der Waals surface area contributed by atoms with Crippen LogP contribution >= 0.6 is 0 Å². The first kappa shape index (κ1) is 15.4. The zero-order valence-electron chi connectivity index (χ0n) is 14.9. The Kier molecular flexibility index (Phi) is 3.63. The van der Waals surface area contributed by atoms with Crippen molar-refractivity contribution in [1.82, 2.24) is 9.97 Å². The van der Waals surface area contributed by atoms with Crippen molar-refractivity contribution in [3.63, 3.8) is 0 Å². The molecule has 0 spiro atoms. The molecule has 0 fully saturated rings. The van der Waals surface area contributed by atoms with Crippen LogP contribution in [0, 0.1) is 0 Å². The first-order chi connectivity index (χ1) is 12.9. The second-order valence-electron chi connectivity index (χ2n) is 7.03. The Balaban J connectivity index is 1.74. The first-order valence-electron chi connectivity index (χ1n) is 9.43. The summed E-state index contributed by atoms with van der Waals surface area (Å²) in [6.07, 6.45) is 4.99. The molecule has 1 N–H and O–H groups in total. The highest BCUT2D eigenvalue weighted by molar-refractivity contribution is 5.89. The molecule has 4 heteroatoms. The summed E-state index contributed by atoms with van der Waals surface area (Å²) in [7, 11) is 0. The highest BCUT2D eigenvalue weighted by atomic mass is 15.3. The molecule has 0 saturated carbocycles. The highest BCUT2D eigenvalue weighted by Gasteiger charge is 2.33. The molecule has 0 radical (unpaired) electrons. The summed E-state index contributed by atoms with van der Waals surface area (Å²) in [6.45, 7) is 3.22. The number of fused-ring (bicyclic) bond motifs is 2. The third-order valence-corrected chi connectivity index (χ3v) is 5.43. The van der Waals surface area contributed by atoms with Gasteiger partial charge in [-0.1, -0.05) is 61.9 Å². The third-order valence-electron chi connectivity index (χ3n) is 5.43. The standard InChI is InChI=1S/C22H22N4/c1-2-7-18-17-11-6-10-16-12-13-26(21(16)17)22-20(25-18)19(23-14-24-22)15-8-4-3-5-9-15/h3-6,8-11,14,18,25H,2,7,12-13H2,1H3. The van der Waals surface area contributed by atoms with Crippen molar-refractivity contribution in [3.8, 4) is 11.3 Å². The minimum atomic E-state index is 0.283. The van der Waals surface area contributed by atoms with Gasteiger partial charge in [0.15, 0.2) is 5.82 Å². The molecule has 5 rings (SSSR count). The Hall–Kier alpha value is -2.88. The predicted octanol–water partition coefficient (Wildman–Crippen LogP) is 5.10. The van der Waals surface area contributed by atoms with Crippen LogP contribution in [0.15, 0.2) is 54.9 Å². The molecule has 130 valence electrons. The zero-order valence-corrected chi connectivity index (χ0v) is 14.9. The number of hydrogen-bond acceptors (Lipinski definition) is 4. The van der Waals surface area contributed by atoms with E-state index in [4.69, 9.17) is 4.98 Å². The SMILES string of the molecule is CCCC1Nc2c(-c3ccccc3)ncnc2N2CCc3cccc1c32. The minimum absolute atomic E-state index is 0.283. The molecular formula is C22H22N4. The lowest BCUT2D eigenvalue weighted by molar-refractivity contribution is 0.680. The molecule has 4 nitrogen and oxygen atoms in total. The lowest BCUT2D eigenvalue weighted by Gasteiger charge is -2.20. The van der Waals surface area contributed by atoms with Gasteiger partial charge < -0.3 is 10.2 Å². The maximum Gasteiger partial charge on any atom is 0.160 e. The van der Waals surface area contributed by atoms with Gasteiger partial charge in [-0.25, -0.2) is 9.97 Å².